The van der Waals surface area contributed by atoms with Gasteiger partial charge in [-0.1, -0.05) is 0 Å². The van der Waals surface area contributed by atoms with Crippen molar-refractivity contribution in [2.24, 2.45) is 11.7 Å². The number of rotatable bonds is 5. The molecule has 158 valence electrons. The minimum Gasteiger partial charge on any atom is -0.504 e. The van der Waals surface area contributed by atoms with Crippen LogP contribution >= 0.6 is 0 Å². The van der Waals surface area contributed by atoms with Gasteiger partial charge >= 0.3 is 5.69 Å². The quantitative estimate of drug-likeness (QED) is 0.542. The highest BCUT2D eigenvalue weighted by Gasteiger charge is 2.41. The fourth-order valence-electron chi connectivity index (χ4n) is 4.09. The molecular weight excluding hydrogens is 390 g/mol. The number of phenols is 1. The van der Waals surface area contributed by atoms with Crippen LogP contribution in [0.15, 0.2) is 9.59 Å². The molecule has 9 nitrogen and oxygen atoms in total. The molecule has 5 N–H and O–H groups in total. The zero-order valence-electron chi connectivity index (χ0n) is 15.7. The number of aromatic amines is 1. The van der Waals surface area contributed by atoms with Crippen molar-refractivity contribution in [3.8, 4) is 11.5 Å². The molecule has 1 saturated heterocycles. The fraction of sp³-hybridized carbons (Fsp3) is 0.556. The second kappa shape index (κ2) is 6.99. The topological polar surface area (TPSA) is 134 Å². The Bertz CT molecular complexity index is 1080. The monoisotopic (exact) mass is 412 g/mol. The summed E-state index contributed by atoms with van der Waals surface area (Å²) in [5.41, 5.74) is 3.50. The summed E-state index contributed by atoms with van der Waals surface area (Å²) in [6.07, 6.45) is -1.25. The molecule has 0 radical (unpaired) electrons. The maximum atomic E-state index is 15.2. The first kappa shape index (κ1) is 19.6. The molecule has 2 heterocycles. The summed E-state index contributed by atoms with van der Waals surface area (Å²) in [5, 5.41) is 20.0. The molecule has 1 aliphatic carbocycles. The SMILES string of the molecule is COc1c(N2CC(F)C(C(O)CN)C2)c(F)c(O)c2c(=O)[nH]c(=O)n(C3CC3)c12. The number of nitrogens with one attached hydrogen (secondary N) is 1. The van der Waals surface area contributed by atoms with Crippen molar-refractivity contribution in [1.29, 1.82) is 0 Å². The van der Waals surface area contributed by atoms with Crippen LogP contribution in [0.25, 0.3) is 10.9 Å². The molecule has 1 saturated carbocycles. The number of ether oxygens (including phenoxy) is 1. The molecule has 2 aromatic rings. The number of H-pyrrole nitrogens is 1. The molecule has 4 rings (SSSR count). The number of alkyl halides is 1. The number of halogens is 2. The third-order valence-corrected chi connectivity index (χ3v) is 5.69. The largest absolute Gasteiger partial charge is 0.504 e. The minimum atomic E-state index is -1.49. The number of aliphatic hydroxyl groups excluding tert-OH is 1. The summed E-state index contributed by atoms with van der Waals surface area (Å²) in [6, 6.07) is -0.215. The lowest BCUT2D eigenvalue weighted by Crippen LogP contribution is -2.34. The number of anilines is 1. The van der Waals surface area contributed by atoms with Crippen molar-refractivity contribution in [1.82, 2.24) is 9.55 Å². The van der Waals surface area contributed by atoms with E-state index in [0.717, 1.165) is 0 Å². The maximum absolute atomic E-state index is 15.2. The van der Waals surface area contributed by atoms with Crippen LogP contribution in [0, 0.1) is 11.7 Å². The van der Waals surface area contributed by atoms with E-state index in [9.17, 15) is 24.2 Å². The summed E-state index contributed by atoms with van der Waals surface area (Å²) in [4.78, 5) is 28.1. The van der Waals surface area contributed by atoms with Gasteiger partial charge in [0.1, 0.15) is 22.8 Å². The van der Waals surface area contributed by atoms with Crippen molar-refractivity contribution < 1.29 is 23.7 Å². The maximum Gasteiger partial charge on any atom is 0.329 e. The van der Waals surface area contributed by atoms with E-state index in [2.05, 4.69) is 4.98 Å². The second-order valence-corrected chi connectivity index (χ2v) is 7.52. The third kappa shape index (κ3) is 2.96. The predicted octanol–water partition coefficient (Wildman–Crippen LogP) is -0.0281. The van der Waals surface area contributed by atoms with E-state index >= 15 is 4.39 Å². The normalized spacial score (nSPS) is 23.0. The van der Waals surface area contributed by atoms with Gasteiger partial charge in [-0.05, 0) is 12.8 Å². The van der Waals surface area contributed by atoms with Crippen LogP contribution in [0.2, 0.25) is 0 Å². The Kier molecular flexibility index (Phi) is 4.74. The summed E-state index contributed by atoms with van der Waals surface area (Å²) in [6.45, 7) is -0.496. The number of phenolic OH excluding ortho intramolecular Hbond substituents is 1. The molecule has 0 amide bonds. The van der Waals surface area contributed by atoms with Gasteiger partial charge in [-0.15, -0.1) is 0 Å². The number of hydrogen-bond acceptors (Lipinski definition) is 7. The lowest BCUT2D eigenvalue weighted by atomic mass is 10.0. The zero-order valence-corrected chi connectivity index (χ0v) is 15.7. The van der Waals surface area contributed by atoms with Gasteiger partial charge in [-0.25, -0.2) is 13.6 Å². The Morgan fingerprint density at radius 1 is 1.34 bits per heavy atom. The number of benzene rings is 1. The van der Waals surface area contributed by atoms with Crippen molar-refractivity contribution >= 4 is 16.6 Å². The van der Waals surface area contributed by atoms with Gasteiger partial charge in [0.2, 0.25) is 0 Å². The van der Waals surface area contributed by atoms with Crippen LogP contribution in [0.4, 0.5) is 14.5 Å². The van der Waals surface area contributed by atoms with Crippen LogP contribution in [-0.4, -0.2) is 58.8 Å². The van der Waals surface area contributed by atoms with E-state index in [1.165, 1.54) is 16.6 Å². The molecular formula is C18H22F2N4O5. The molecule has 2 fully saturated rings. The highest BCUT2D eigenvalue weighted by Crippen LogP contribution is 2.47. The average molecular weight is 412 g/mol. The van der Waals surface area contributed by atoms with Gasteiger partial charge < -0.3 is 25.6 Å². The standard InChI is InChI=1S/C18H22F2N4O5/c1-29-16-13-11(17(27)22-18(28)24(13)7-2-3-7)15(26)12(20)14(16)23-5-8(9(19)6-23)10(25)4-21/h7-10,25-26H,2-6,21H2,1H3,(H,22,27,28). The zero-order chi connectivity index (χ0) is 21.0. The average Bonchev–Trinajstić information content (AvgIpc) is 3.44. The van der Waals surface area contributed by atoms with E-state index < -0.39 is 46.4 Å². The van der Waals surface area contributed by atoms with E-state index in [1.54, 1.807) is 0 Å². The molecule has 1 aromatic carbocycles. The fourth-order valence-corrected chi connectivity index (χ4v) is 4.09. The Labute approximate surface area is 163 Å². The first-order chi connectivity index (χ1) is 13.8. The second-order valence-electron chi connectivity index (χ2n) is 7.52. The number of aliphatic hydroxyl groups is 1. The van der Waals surface area contributed by atoms with E-state index in [0.29, 0.717) is 12.8 Å². The number of nitrogens with zero attached hydrogens (tertiary/aromatic N) is 2. The molecule has 29 heavy (non-hydrogen) atoms. The van der Waals surface area contributed by atoms with Gasteiger partial charge in [-0.3, -0.25) is 14.3 Å². The first-order valence-electron chi connectivity index (χ1n) is 9.34. The summed E-state index contributed by atoms with van der Waals surface area (Å²) >= 11 is 0. The summed E-state index contributed by atoms with van der Waals surface area (Å²) in [7, 11) is 1.24. The van der Waals surface area contributed by atoms with Crippen LogP contribution in [-0.2, 0) is 0 Å². The third-order valence-electron chi connectivity index (χ3n) is 5.69. The number of aromatic hydroxyl groups is 1. The van der Waals surface area contributed by atoms with Crippen molar-refractivity contribution in [2.75, 3.05) is 31.6 Å². The molecule has 1 aromatic heterocycles. The molecule has 3 unspecified atom stereocenters. The minimum absolute atomic E-state index is 0.0316. The lowest BCUT2D eigenvalue weighted by Gasteiger charge is -2.25. The number of nitrogens with two attached hydrogens (primary N) is 1. The van der Waals surface area contributed by atoms with Crippen LogP contribution in [0.5, 0.6) is 11.5 Å². The number of hydrogen-bond donors (Lipinski definition) is 4. The molecule has 0 spiro atoms. The van der Waals surface area contributed by atoms with E-state index in [4.69, 9.17) is 10.5 Å². The lowest BCUT2D eigenvalue weighted by molar-refractivity contribution is 0.0868. The Balaban J connectivity index is 1.99. The van der Waals surface area contributed by atoms with Crippen LogP contribution in [0.1, 0.15) is 18.9 Å². The van der Waals surface area contributed by atoms with Crippen LogP contribution < -0.4 is 26.6 Å². The summed E-state index contributed by atoms with van der Waals surface area (Å²) in [5.74, 6) is -3.09. The van der Waals surface area contributed by atoms with Crippen molar-refractivity contribution in [2.45, 2.75) is 31.2 Å². The summed E-state index contributed by atoms with van der Waals surface area (Å²) < 4.78 is 36.3. The molecule has 2 aliphatic rings. The van der Waals surface area contributed by atoms with Gasteiger partial charge in [0.15, 0.2) is 17.3 Å². The smallest absolute Gasteiger partial charge is 0.329 e. The van der Waals surface area contributed by atoms with Crippen LogP contribution in [0.3, 0.4) is 0 Å². The first-order valence-corrected chi connectivity index (χ1v) is 9.34. The van der Waals surface area contributed by atoms with E-state index in [-0.39, 0.29) is 42.6 Å². The Hall–Kier alpha value is -2.66. The highest BCUT2D eigenvalue weighted by atomic mass is 19.1. The van der Waals surface area contributed by atoms with Gasteiger partial charge in [0.25, 0.3) is 5.56 Å². The molecule has 0 bridgehead atoms. The van der Waals surface area contributed by atoms with Gasteiger partial charge in [0.05, 0.1) is 13.2 Å². The number of aromatic nitrogens is 2. The number of methoxy groups -OCH3 is 1. The molecule has 11 heteroatoms. The van der Waals surface area contributed by atoms with Crippen molar-refractivity contribution in [3.05, 3.63) is 26.7 Å². The Morgan fingerprint density at radius 2 is 2.03 bits per heavy atom. The molecule has 3 atom stereocenters. The number of fused-ring (bicyclic) bond motifs is 1. The molecule has 1 aliphatic heterocycles. The van der Waals surface area contributed by atoms with Gasteiger partial charge in [-0.2, -0.15) is 0 Å². The van der Waals surface area contributed by atoms with Gasteiger partial charge in [0, 0.05) is 31.6 Å². The predicted molar refractivity (Wildman–Crippen MR) is 101 cm³/mol. The van der Waals surface area contributed by atoms with Crippen molar-refractivity contribution in [3.63, 3.8) is 0 Å². The highest BCUT2D eigenvalue weighted by molar-refractivity contribution is 5.96. The van der Waals surface area contributed by atoms with E-state index in [1.807, 2.05) is 0 Å². The Morgan fingerprint density at radius 3 is 2.62 bits per heavy atom.